The monoisotopic (exact) mass is 437 g/mol. The third kappa shape index (κ3) is 3.09. The number of hydrogen-bond acceptors (Lipinski definition) is 7. The first-order chi connectivity index (χ1) is 13.6. The lowest BCUT2D eigenvalue weighted by Crippen LogP contribution is -2.51. The van der Waals surface area contributed by atoms with E-state index in [1.54, 1.807) is 25.1 Å². The van der Waals surface area contributed by atoms with Gasteiger partial charge in [-0.25, -0.2) is 16.8 Å². The molecule has 1 fully saturated rings. The zero-order valence-electron chi connectivity index (χ0n) is 15.8. The van der Waals surface area contributed by atoms with Gasteiger partial charge in [-0.05, 0) is 31.6 Å². The van der Waals surface area contributed by atoms with E-state index < -0.39 is 25.8 Å². The molecule has 2 aliphatic heterocycles. The van der Waals surface area contributed by atoms with Crippen LogP contribution >= 0.6 is 0 Å². The average molecular weight is 437 g/mol. The van der Waals surface area contributed by atoms with Crippen LogP contribution in [0.5, 0.6) is 0 Å². The Bertz CT molecular complexity index is 1220. The van der Waals surface area contributed by atoms with Crippen molar-refractivity contribution in [2.75, 3.05) is 26.2 Å². The van der Waals surface area contributed by atoms with Crippen LogP contribution < -0.4 is 0 Å². The number of amides is 1. The van der Waals surface area contributed by atoms with E-state index in [0.717, 1.165) is 0 Å². The Kier molecular flexibility index (Phi) is 4.63. The highest BCUT2D eigenvalue weighted by Gasteiger charge is 2.39. The van der Waals surface area contributed by atoms with Gasteiger partial charge in [0.25, 0.3) is 5.91 Å². The van der Waals surface area contributed by atoms with E-state index >= 15 is 0 Å². The molecule has 0 unspecified atom stereocenters. The molecule has 0 atom stereocenters. The number of hydrogen-bond donors (Lipinski definition) is 0. The minimum absolute atomic E-state index is 0.0359. The number of sulfone groups is 1. The van der Waals surface area contributed by atoms with Gasteiger partial charge in [-0.15, -0.1) is 0 Å². The van der Waals surface area contributed by atoms with Crippen molar-refractivity contribution < 1.29 is 26.2 Å². The maximum absolute atomic E-state index is 12.9. The minimum Gasteiger partial charge on any atom is -0.360 e. The van der Waals surface area contributed by atoms with Crippen LogP contribution in [0.15, 0.2) is 43.5 Å². The van der Waals surface area contributed by atoms with Crippen LogP contribution in [0.25, 0.3) is 6.08 Å². The summed E-state index contributed by atoms with van der Waals surface area (Å²) in [5, 5.41) is 3.69. The summed E-state index contributed by atoms with van der Waals surface area (Å²) in [6.07, 6.45) is 1.37. The van der Waals surface area contributed by atoms with Gasteiger partial charge in [0.2, 0.25) is 19.9 Å². The molecule has 0 saturated carbocycles. The van der Waals surface area contributed by atoms with Crippen molar-refractivity contribution in [2.45, 2.75) is 23.6 Å². The maximum atomic E-state index is 12.9. The van der Waals surface area contributed by atoms with Gasteiger partial charge in [-0.1, -0.05) is 23.4 Å². The van der Waals surface area contributed by atoms with Crippen LogP contribution in [0.2, 0.25) is 0 Å². The summed E-state index contributed by atoms with van der Waals surface area (Å²) in [5.74, 6) is -0.406. The molecule has 1 aromatic heterocycles. The second-order valence-corrected chi connectivity index (χ2v) is 10.7. The Morgan fingerprint density at radius 1 is 1.10 bits per heavy atom. The fourth-order valence-corrected chi connectivity index (χ4v) is 6.90. The van der Waals surface area contributed by atoms with Gasteiger partial charge in [0.1, 0.15) is 15.5 Å². The highest BCUT2D eigenvalue weighted by Crippen LogP contribution is 2.34. The van der Waals surface area contributed by atoms with Crippen molar-refractivity contribution in [3.63, 3.8) is 0 Å². The Morgan fingerprint density at radius 2 is 1.76 bits per heavy atom. The molecule has 154 valence electrons. The molecule has 1 aromatic carbocycles. The van der Waals surface area contributed by atoms with E-state index in [-0.39, 0.29) is 52.3 Å². The highest BCUT2D eigenvalue weighted by molar-refractivity contribution is 7.96. The van der Waals surface area contributed by atoms with Crippen LogP contribution in [-0.2, 0) is 24.7 Å². The Balaban J connectivity index is 1.52. The van der Waals surface area contributed by atoms with E-state index in [9.17, 15) is 21.6 Å². The standard InChI is InChI=1S/C18H19N3O6S2/c1-12-17(13(2)27-19-12)29(25,26)21-9-7-20(8-10-21)18(22)16-11-14-5-3-4-6-15(14)28(16,23)24/h3-6,11H,7-10H2,1-2H3. The number of aromatic nitrogens is 1. The summed E-state index contributed by atoms with van der Waals surface area (Å²) in [4.78, 5) is 14.1. The lowest BCUT2D eigenvalue weighted by Gasteiger charge is -2.34. The molecule has 4 rings (SSSR count). The van der Waals surface area contributed by atoms with E-state index in [2.05, 4.69) is 5.16 Å². The van der Waals surface area contributed by atoms with Gasteiger partial charge in [0.15, 0.2) is 5.76 Å². The maximum Gasteiger partial charge on any atom is 0.265 e. The summed E-state index contributed by atoms with van der Waals surface area (Å²) < 4.78 is 57.4. The van der Waals surface area contributed by atoms with Crippen molar-refractivity contribution in [1.82, 2.24) is 14.4 Å². The third-order valence-electron chi connectivity index (χ3n) is 5.09. The van der Waals surface area contributed by atoms with E-state index in [1.165, 1.54) is 28.3 Å². The van der Waals surface area contributed by atoms with Crippen molar-refractivity contribution in [3.05, 3.63) is 46.2 Å². The average Bonchev–Trinajstić information content (AvgIpc) is 3.17. The fourth-order valence-electron chi connectivity index (χ4n) is 3.62. The predicted octanol–water partition coefficient (Wildman–Crippen LogP) is 0.953. The number of fused-ring (bicyclic) bond motifs is 1. The van der Waals surface area contributed by atoms with Crippen LogP contribution in [0, 0.1) is 13.8 Å². The van der Waals surface area contributed by atoms with Gasteiger partial charge >= 0.3 is 0 Å². The first kappa shape index (κ1) is 19.8. The molecule has 0 aliphatic carbocycles. The van der Waals surface area contributed by atoms with Crippen molar-refractivity contribution in [1.29, 1.82) is 0 Å². The van der Waals surface area contributed by atoms with Gasteiger partial charge in [0.05, 0.1) is 4.90 Å². The lowest BCUT2D eigenvalue weighted by atomic mass is 10.2. The second-order valence-electron chi connectivity index (χ2n) is 6.90. The predicted molar refractivity (Wildman–Crippen MR) is 103 cm³/mol. The molecule has 29 heavy (non-hydrogen) atoms. The highest BCUT2D eigenvalue weighted by atomic mass is 32.2. The molecule has 1 saturated heterocycles. The molecule has 1 amide bonds. The lowest BCUT2D eigenvalue weighted by molar-refractivity contribution is -0.127. The van der Waals surface area contributed by atoms with Crippen LogP contribution in [0.1, 0.15) is 17.0 Å². The van der Waals surface area contributed by atoms with E-state index in [0.29, 0.717) is 5.56 Å². The van der Waals surface area contributed by atoms with Crippen molar-refractivity contribution >= 4 is 31.8 Å². The molecular weight excluding hydrogens is 418 g/mol. The summed E-state index contributed by atoms with van der Waals surface area (Å²) in [6, 6.07) is 6.42. The number of nitrogens with zero attached hydrogens (tertiary/aromatic N) is 3. The molecular formula is C18H19N3O6S2. The number of rotatable bonds is 3. The fraction of sp³-hybridized carbons (Fsp3) is 0.333. The van der Waals surface area contributed by atoms with E-state index in [4.69, 9.17) is 4.52 Å². The zero-order chi connectivity index (χ0) is 21.0. The summed E-state index contributed by atoms with van der Waals surface area (Å²) in [6.45, 7) is 3.37. The van der Waals surface area contributed by atoms with Crippen molar-refractivity contribution in [2.24, 2.45) is 0 Å². The summed E-state index contributed by atoms with van der Waals surface area (Å²) in [5.41, 5.74) is 0.761. The number of carbonyl (C=O) groups is 1. The quantitative estimate of drug-likeness (QED) is 0.702. The first-order valence-corrected chi connectivity index (χ1v) is 11.8. The third-order valence-corrected chi connectivity index (χ3v) is 9.05. The van der Waals surface area contributed by atoms with Crippen LogP contribution in [0.4, 0.5) is 0 Å². The summed E-state index contributed by atoms with van der Waals surface area (Å²) in [7, 11) is -7.67. The normalized spacial score (nSPS) is 19.1. The number of benzene rings is 1. The van der Waals surface area contributed by atoms with Gasteiger partial charge in [-0.3, -0.25) is 4.79 Å². The summed E-state index contributed by atoms with van der Waals surface area (Å²) >= 11 is 0. The van der Waals surface area contributed by atoms with Crippen LogP contribution in [-0.4, -0.2) is 63.3 Å². The second kappa shape index (κ2) is 6.78. The molecule has 0 N–H and O–H groups in total. The largest absolute Gasteiger partial charge is 0.360 e. The molecule has 9 nitrogen and oxygen atoms in total. The number of piperazine rings is 1. The first-order valence-electron chi connectivity index (χ1n) is 8.92. The molecule has 3 heterocycles. The number of carbonyl (C=O) groups excluding carboxylic acids is 1. The molecule has 0 radical (unpaired) electrons. The minimum atomic E-state index is -3.87. The Hall–Kier alpha value is -2.50. The van der Waals surface area contributed by atoms with Crippen molar-refractivity contribution in [3.8, 4) is 0 Å². The van der Waals surface area contributed by atoms with E-state index in [1.807, 2.05) is 0 Å². The Labute approximate surface area is 168 Å². The zero-order valence-corrected chi connectivity index (χ0v) is 17.5. The topological polar surface area (TPSA) is 118 Å². The number of sulfonamides is 1. The van der Waals surface area contributed by atoms with Gasteiger partial charge in [-0.2, -0.15) is 4.31 Å². The smallest absolute Gasteiger partial charge is 0.265 e. The molecule has 11 heteroatoms. The molecule has 0 bridgehead atoms. The number of aryl methyl sites for hydroxylation is 2. The molecule has 2 aromatic rings. The SMILES string of the molecule is Cc1noc(C)c1S(=O)(=O)N1CCN(C(=O)C2=Cc3ccccc3S2(=O)=O)CC1. The molecule has 0 spiro atoms. The van der Waals surface area contributed by atoms with Crippen LogP contribution in [0.3, 0.4) is 0 Å². The van der Waals surface area contributed by atoms with Gasteiger partial charge in [0, 0.05) is 26.2 Å². The molecule has 2 aliphatic rings. The Morgan fingerprint density at radius 3 is 2.34 bits per heavy atom. The van der Waals surface area contributed by atoms with Gasteiger partial charge < -0.3 is 9.42 Å².